The van der Waals surface area contributed by atoms with Crippen molar-refractivity contribution in [1.82, 2.24) is 0 Å². The molecule has 0 fully saturated rings. The van der Waals surface area contributed by atoms with Gasteiger partial charge in [0.15, 0.2) is 0 Å². The van der Waals surface area contributed by atoms with Crippen LogP contribution in [0.15, 0.2) is 12.2 Å². The number of allylic oxidation sites excluding steroid dienone is 2. The molecule has 0 heterocycles. The number of carboxylic acid groups (broad SMARTS) is 1. The van der Waals surface area contributed by atoms with Gasteiger partial charge in [0.2, 0.25) is 6.10 Å². The van der Waals surface area contributed by atoms with Crippen molar-refractivity contribution in [3.63, 3.8) is 0 Å². The highest BCUT2D eigenvalue weighted by Crippen LogP contribution is 2.11. The highest BCUT2D eigenvalue weighted by atomic mass is 16.6. The van der Waals surface area contributed by atoms with Crippen LogP contribution in [0, 0.1) is 0 Å². The van der Waals surface area contributed by atoms with Crippen LogP contribution in [0.5, 0.6) is 0 Å². The number of esters is 1. The van der Waals surface area contributed by atoms with E-state index in [0.717, 1.165) is 32.1 Å². The molecule has 0 aromatic rings. The molecule has 0 aromatic carbocycles. The standard InChI is InChI=1S/C23H40O5/c1-3-4-5-6-7-8-9-10-11-12-13-14-15-16-17-18-22(25)28-21(23(26)27)19-20(2)24/h10-11,21H,3-9,12-19H2,1-2H3,(H,26,27)/b11-10-/t21-/m0/s1. The molecule has 1 N–H and O–H groups in total. The van der Waals surface area contributed by atoms with E-state index in [1.807, 2.05) is 0 Å². The Balaban J connectivity index is 3.51. The van der Waals surface area contributed by atoms with E-state index in [4.69, 9.17) is 9.84 Å². The number of carbonyl (C=O) groups is 3. The molecule has 5 nitrogen and oxygen atoms in total. The molecule has 0 saturated carbocycles. The lowest BCUT2D eigenvalue weighted by molar-refractivity contribution is -0.165. The Morgan fingerprint density at radius 1 is 0.821 bits per heavy atom. The molecule has 0 rings (SSSR count). The summed E-state index contributed by atoms with van der Waals surface area (Å²) in [6.45, 7) is 3.53. The first-order valence-corrected chi connectivity index (χ1v) is 11.0. The number of unbranched alkanes of at least 4 members (excludes halogenated alkanes) is 11. The summed E-state index contributed by atoms with van der Waals surface area (Å²) in [5.41, 5.74) is 0. The molecule has 0 aliphatic carbocycles. The van der Waals surface area contributed by atoms with Gasteiger partial charge in [0.25, 0.3) is 0 Å². The summed E-state index contributed by atoms with van der Waals surface area (Å²) in [6.07, 6.45) is 18.5. The number of hydrogen-bond acceptors (Lipinski definition) is 4. The summed E-state index contributed by atoms with van der Waals surface area (Å²) < 4.78 is 4.87. The average Bonchev–Trinajstić information content (AvgIpc) is 2.64. The molecule has 1 atom stereocenters. The van der Waals surface area contributed by atoms with Crippen molar-refractivity contribution < 1.29 is 24.2 Å². The number of carboxylic acids is 1. The first-order valence-electron chi connectivity index (χ1n) is 11.0. The molecule has 0 amide bonds. The molecule has 0 bridgehead atoms. The van der Waals surface area contributed by atoms with Crippen LogP contribution >= 0.6 is 0 Å². The van der Waals surface area contributed by atoms with Gasteiger partial charge in [-0.25, -0.2) is 4.79 Å². The van der Waals surface area contributed by atoms with E-state index in [1.165, 1.54) is 51.9 Å². The van der Waals surface area contributed by atoms with Crippen molar-refractivity contribution in [2.24, 2.45) is 0 Å². The first kappa shape index (κ1) is 26.4. The molecule has 0 spiro atoms. The summed E-state index contributed by atoms with van der Waals surface area (Å²) in [5, 5.41) is 8.94. The van der Waals surface area contributed by atoms with Crippen LogP contribution in [-0.4, -0.2) is 28.9 Å². The van der Waals surface area contributed by atoms with Crippen LogP contribution in [0.4, 0.5) is 0 Å². The number of rotatable bonds is 19. The maximum Gasteiger partial charge on any atom is 0.345 e. The van der Waals surface area contributed by atoms with Crippen molar-refractivity contribution >= 4 is 17.7 Å². The van der Waals surface area contributed by atoms with Gasteiger partial charge in [-0.3, -0.25) is 9.59 Å². The highest BCUT2D eigenvalue weighted by molar-refractivity contribution is 5.85. The molecular formula is C23H40O5. The summed E-state index contributed by atoms with van der Waals surface area (Å²) >= 11 is 0. The normalized spacial score (nSPS) is 12.2. The number of hydrogen-bond donors (Lipinski definition) is 1. The fraction of sp³-hybridized carbons (Fsp3) is 0.783. The van der Waals surface area contributed by atoms with Gasteiger partial charge >= 0.3 is 11.9 Å². The Kier molecular flexibility index (Phi) is 17.6. The van der Waals surface area contributed by atoms with Gasteiger partial charge < -0.3 is 9.84 Å². The van der Waals surface area contributed by atoms with Crippen LogP contribution in [0.25, 0.3) is 0 Å². The van der Waals surface area contributed by atoms with E-state index >= 15 is 0 Å². The minimum absolute atomic E-state index is 0.208. The van der Waals surface area contributed by atoms with Gasteiger partial charge in [-0.2, -0.15) is 0 Å². The minimum atomic E-state index is -1.35. The molecule has 162 valence electrons. The van der Waals surface area contributed by atoms with E-state index in [0.29, 0.717) is 6.42 Å². The lowest BCUT2D eigenvalue weighted by Gasteiger charge is -2.12. The van der Waals surface area contributed by atoms with Crippen molar-refractivity contribution in [1.29, 1.82) is 0 Å². The molecule has 0 unspecified atom stereocenters. The summed E-state index contributed by atoms with van der Waals surface area (Å²) in [6, 6.07) is 0. The number of ether oxygens (including phenoxy) is 1. The second-order valence-electron chi connectivity index (χ2n) is 7.56. The summed E-state index contributed by atoms with van der Waals surface area (Å²) in [4.78, 5) is 33.6. The monoisotopic (exact) mass is 396 g/mol. The zero-order valence-electron chi connectivity index (χ0n) is 17.9. The van der Waals surface area contributed by atoms with Crippen LogP contribution in [0.2, 0.25) is 0 Å². The molecule has 0 aromatic heterocycles. The van der Waals surface area contributed by atoms with Crippen LogP contribution in [0.3, 0.4) is 0 Å². The average molecular weight is 397 g/mol. The lowest BCUT2D eigenvalue weighted by Crippen LogP contribution is -2.28. The Hall–Kier alpha value is -1.65. The predicted molar refractivity (Wildman–Crippen MR) is 112 cm³/mol. The highest BCUT2D eigenvalue weighted by Gasteiger charge is 2.23. The topological polar surface area (TPSA) is 80.7 Å². The van der Waals surface area contributed by atoms with Gasteiger partial charge in [-0.05, 0) is 39.0 Å². The Morgan fingerprint density at radius 3 is 1.82 bits per heavy atom. The molecule has 28 heavy (non-hydrogen) atoms. The summed E-state index contributed by atoms with van der Waals surface area (Å²) in [5.74, 6) is -2.11. The SMILES string of the molecule is CCCCCCCC/C=C\CCCCCCCC(=O)O[C@@H](CC(C)=O)C(=O)O. The predicted octanol–water partition coefficient (Wildman–Crippen LogP) is 6.00. The third-order valence-corrected chi connectivity index (χ3v) is 4.66. The lowest BCUT2D eigenvalue weighted by atomic mass is 10.1. The maximum atomic E-state index is 11.7. The van der Waals surface area contributed by atoms with Gasteiger partial charge in [-0.1, -0.05) is 70.4 Å². The zero-order valence-corrected chi connectivity index (χ0v) is 17.9. The molecule has 5 heteroatoms. The number of carbonyl (C=O) groups excluding carboxylic acids is 2. The van der Waals surface area contributed by atoms with Crippen molar-refractivity contribution in [3.8, 4) is 0 Å². The molecule has 0 aliphatic heterocycles. The minimum Gasteiger partial charge on any atom is -0.478 e. The van der Waals surface area contributed by atoms with E-state index in [9.17, 15) is 14.4 Å². The van der Waals surface area contributed by atoms with Gasteiger partial charge in [-0.15, -0.1) is 0 Å². The number of aliphatic carboxylic acids is 1. The maximum absolute atomic E-state index is 11.7. The van der Waals surface area contributed by atoms with Crippen molar-refractivity contribution in [3.05, 3.63) is 12.2 Å². The Labute approximate surface area is 170 Å². The summed E-state index contributed by atoms with van der Waals surface area (Å²) in [7, 11) is 0. The second-order valence-corrected chi connectivity index (χ2v) is 7.56. The van der Waals surface area contributed by atoms with Crippen molar-refractivity contribution in [2.75, 3.05) is 0 Å². The van der Waals surface area contributed by atoms with Crippen molar-refractivity contribution in [2.45, 2.75) is 116 Å². The molecule has 0 radical (unpaired) electrons. The molecule has 0 aliphatic rings. The zero-order chi connectivity index (χ0) is 21.0. The van der Waals surface area contributed by atoms with Crippen LogP contribution in [-0.2, 0) is 19.1 Å². The second kappa shape index (κ2) is 18.7. The van der Waals surface area contributed by atoms with E-state index in [2.05, 4.69) is 19.1 Å². The van der Waals surface area contributed by atoms with Crippen LogP contribution < -0.4 is 0 Å². The van der Waals surface area contributed by atoms with E-state index in [-0.39, 0.29) is 18.6 Å². The third-order valence-electron chi connectivity index (χ3n) is 4.66. The first-order chi connectivity index (χ1) is 13.5. The van der Waals surface area contributed by atoms with Crippen LogP contribution in [0.1, 0.15) is 110 Å². The molecule has 0 saturated heterocycles. The third kappa shape index (κ3) is 17.7. The van der Waals surface area contributed by atoms with E-state index < -0.39 is 18.0 Å². The quantitative estimate of drug-likeness (QED) is 0.164. The Bertz CT molecular complexity index is 456. The largest absolute Gasteiger partial charge is 0.478 e. The fourth-order valence-electron chi connectivity index (χ4n) is 3.00. The Morgan fingerprint density at radius 2 is 1.32 bits per heavy atom. The smallest absolute Gasteiger partial charge is 0.345 e. The number of Topliss-reactive ketones (excluding diaryl/α,β-unsaturated/α-hetero) is 1. The van der Waals surface area contributed by atoms with E-state index in [1.54, 1.807) is 0 Å². The van der Waals surface area contributed by atoms with Gasteiger partial charge in [0, 0.05) is 6.42 Å². The fourth-order valence-corrected chi connectivity index (χ4v) is 3.00. The van der Waals surface area contributed by atoms with Gasteiger partial charge in [0.05, 0.1) is 6.42 Å². The van der Waals surface area contributed by atoms with Gasteiger partial charge in [0.1, 0.15) is 5.78 Å². The number of ketones is 1. The molecular weight excluding hydrogens is 356 g/mol.